The predicted molar refractivity (Wildman–Crippen MR) is 60.6 cm³/mol. The average Bonchev–Trinajstić information content (AvgIpc) is 2.75. The highest BCUT2D eigenvalue weighted by Crippen LogP contribution is 2.17. The molecule has 0 N–H and O–H groups in total. The Morgan fingerprint density at radius 2 is 2.25 bits per heavy atom. The van der Waals surface area contributed by atoms with Gasteiger partial charge in [-0.15, -0.1) is 16.4 Å². The number of aromatic nitrogens is 4. The number of carbonyl (C=O) groups is 1. The normalized spacial score (nSPS) is 10.7. The molecule has 16 heavy (non-hydrogen) atoms. The van der Waals surface area contributed by atoms with Crippen LogP contribution in [0, 0.1) is 13.8 Å². The van der Waals surface area contributed by atoms with Gasteiger partial charge in [0.1, 0.15) is 10.7 Å². The highest BCUT2D eigenvalue weighted by molar-refractivity contribution is 7.11. The topological polar surface area (TPSA) is 60.7 Å². The van der Waals surface area contributed by atoms with Gasteiger partial charge in [-0.2, -0.15) is 0 Å². The molecule has 2 aromatic heterocycles. The van der Waals surface area contributed by atoms with E-state index in [-0.39, 0.29) is 5.78 Å². The van der Waals surface area contributed by atoms with Crippen LogP contribution in [0.2, 0.25) is 0 Å². The summed E-state index contributed by atoms with van der Waals surface area (Å²) >= 11 is 1.56. The average molecular weight is 236 g/mol. The second kappa shape index (κ2) is 4.13. The second-order valence-corrected chi connectivity index (χ2v) is 4.91. The summed E-state index contributed by atoms with van der Waals surface area (Å²) in [6.07, 6.45) is 1.92. The number of rotatable bonds is 3. The molecular weight excluding hydrogens is 224 g/mol. The highest BCUT2D eigenvalue weighted by Gasteiger charge is 2.13. The fourth-order valence-corrected chi connectivity index (χ4v) is 2.25. The highest BCUT2D eigenvalue weighted by atomic mass is 32.1. The predicted octanol–water partition coefficient (Wildman–Crippen LogP) is 1.31. The number of carbonyl (C=O) groups excluding carboxylic acids is 1. The number of aryl methyl sites for hydroxylation is 3. The van der Waals surface area contributed by atoms with Crippen LogP contribution in [0.15, 0.2) is 6.20 Å². The van der Waals surface area contributed by atoms with Crippen LogP contribution in [-0.2, 0) is 13.5 Å². The maximum Gasteiger partial charge on any atom is 0.191 e. The summed E-state index contributed by atoms with van der Waals surface area (Å²) in [5.74, 6) is -0.0400. The molecule has 2 aromatic rings. The molecule has 0 saturated carbocycles. The summed E-state index contributed by atoms with van der Waals surface area (Å²) in [5, 5.41) is 8.35. The van der Waals surface area contributed by atoms with Crippen LogP contribution in [-0.4, -0.2) is 25.8 Å². The lowest BCUT2D eigenvalue weighted by Gasteiger charge is -1.91. The summed E-state index contributed by atoms with van der Waals surface area (Å²) in [5.41, 5.74) is 1.39. The monoisotopic (exact) mass is 236 g/mol. The van der Waals surface area contributed by atoms with E-state index >= 15 is 0 Å². The summed E-state index contributed by atoms with van der Waals surface area (Å²) < 4.78 is 1.52. The third-order valence-corrected chi connectivity index (χ3v) is 3.35. The van der Waals surface area contributed by atoms with E-state index in [9.17, 15) is 4.79 Å². The van der Waals surface area contributed by atoms with Gasteiger partial charge in [-0.1, -0.05) is 5.21 Å². The first-order valence-electron chi connectivity index (χ1n) is 4.88. The van der Waals surface area contributed by atoms with Crippen LogP contribution in [0.4, 0.5) is 0 Å². The van der Waals surface area contributed by atoms with Crippen molar-refractivity contribution in [2.24, 2.45) is 7.05 Å². The smallest absolute Gasteiger partial charge is 0.191 e. The van der Waals surface area contributed by atoms with E-state index in [1.54, 1.807) is 24.6 Å². The number of Topliss-reactive ketones (excluding diaryl/α,β-unsaturated/α-hetero) is 1. The molecule has 6 heteroatoms. The Morgan fingerprint density at radius 3 is 2.75 bits per heavy atom. The van der Waals surface area contributed by atoms with E-state index in [0.29, 0.717) is 12.1 Å². The minimum atomic E-state index is -0.0400. The molecule has 0 aliphatic rings. The molecule has 0 spiro atoms. The van der Waals surface area contributed by atoms with Crippen molar-refractivity contribution in [1.82, 2.24) is 20.0 Å². The lowest BCUT2D eigenvalue weighted by molar-refractivity contribution is 0.0988. The SMILES string of the molecule is Cc1nc(CC(=O)c2cn(C)nn2)sc1C. The van der Waals surface area contributed by atoms with Gasteiger partial charge in [0.2, 0.25) is 0 Å². The van der Waals surface area contributed by atoms with Crippen LogP contribution in [0.5, 0.6) is 0 Å². The van der Waals surface area contributed by atoms with Crippen molar-refractivity contribution in [2.45, 2.75) is 20.3 Å². The Balaban J connectivity index is 2.13. The van der Waals surface area contributed by atoms with Gasteiger partial charge in [0.25, 0.3) is 0 Å². The Morgan fingerprint density at radius 1 is 1.50 bits per heavy atom. The standard InChI is InChI=1S/C10H12N4OS/c1-6-7(2)16-10(11-6)4-9(15)8-5-14(3)13-12-8/h5H,4H2,1-3H3. The molecule has 0 radical (unpaired) electrons. The molecule has 0 saturated heterocycles. The van der Waals surface area contributed by atoms with Crippen molar-refractivity contribution in [1.29, 1.82) is 0 Å². The lowest BCUT2D eigenvalue weighted by atomic mass is 10.2. The van der Waals surface area contributed by atoms with E-state index < -0.39 is 0 Å². The van der Waals surface area contributed by atoms with Crippen molar-refractivity contribution >= 4 is 17.1 Å². The zero-order chi connectivity index (χ0) is 11.7. The van der Waals surface area contributed by atoms with Gasteiger partial charge in [0.15, 0.2) is 5.78 Å². The summed E-state index contributed by atoms with van der Waals surface area (Å²) in [6.45, 7) is 3.95. The van der Waals surface area contributed by atoms with Gasteiger partial charge in [0.05, 0.1) is 18.3 Å². The molecule has 0 bridgehead atoms. The largest absolute Gasteiger partial charge is 0.292 e. The molecule has 0 aliphatic carbocycles. The Hall–Kier alpha value is -1.56. The van der Waals surface area contributed by atoms with E-state index in [0.717, 1.165) is 15.6 Å². The third-order valence-electron chi connectivity index (χ3n) is 2.27. The molecule has 0 aromatic carbocycles. The van der Waals surface area contributed by atoms with E-state index in [1.807, 2.05) is 13.8 Å². The Bertz CT molecular complexity index is 509. The zero-order valence-electron chi connectivity index (χ0n) is 9.39. The Kier molecular flexibility index (Phi) is 2.82. The van der Waals surface area contributed by atoms with Gasteiger partial charge in [-0.25, -0.2) is 4.98 Å². The zero-order valence-corrected chi connectivity index (χ0v) is 10.2. The lowest BCUT2D eigenvalue weighted by Crippen LogP contribution is -2.03. The summed E-state index contributed by atoms with van der Waals surface area (Å²) in [4.78, 5) is 17.3. The Labute approximate surface area is 97.1 Å². The van der Waals surface area contributed by atoms with Crippen LogP contribution in [0.1, 0.15) is 26.1 Å². The van der Waals surface area contributed by atoms with Gasteiger partial charge < -0.3 is 0 Å². The number of nitrogens with zero attached hydrogens (tertiary/aromatic N) is 4. The van der Waals surface area contributed by atoms with Crippen LogP contribution < -0.4 is 0 Å². The first kappa shape index (κ1) is 10.9. The molecule has 0 atom stereocenters. The van der Waals surface area contributed by atoms with Gasteiger partial charge >= 0.3 is 0 Å². The molecule has 0 unspecified atom stereocenters. The second-order valence-electron chi connectivity index (χ2n) is 3.63. The molecule has 84 valence electrons. The van der Waals surface area contributed by atoms with Crippen molar-refractivity contribution < 1.29 is 4.79 Å². The quantitative estimate of drug-likeness (QED) is 0.754. The summed E-state index contributed by atoms with van der Waals surface area (Å²) in [6, 6.07) is 0. The third kappa shape index (κ3) is 2.16. The number of thiazole rings is 1. The van der Waals surface area contributed by atoms with Gasteiger partial charge in [-0.05, 0) is 13.8 Å². The number of hydrogen-bond donors (Lipinski definition) is 0. The fraction of sp³-hybridized carbons (Fsp3) is 0.400. The van der Waals surface area contributed by atoms with Crippen LogP contribution in [0.3, 0.4) is 0 Å². The molecule has 2 rings (SSSR count). The molecule has 2 heterocycles. The van der Waals surface area contributed by atoms with Crippen molar-refractivity contribution in [3.63, 3.8) is 0 Å². The van der Waals surface area contributed by atoms with E-state index in [2.05, 4.69) is 15.3 Å². The molecule has 0 amide bonds. The van der Waals surface area contributed by atoms with Crippen molar-refractivity contribution in [3.8, 4) is 0 Å². The summed E-state index contributed by atoms with van der Waals surface area (Å²) in [7, 11) is 1.74. The van der Waals surface area contributed by atoms with Gasteiger partial charge in [0, 0.05) is 11.9 Å². The van der Waals surface area contributed by atoms with Crippen LogP contribution >= 0.6 is 11.3 Å². The fourth-order valence-electron chi connectivity index (χ4n) is 1.32. The number of ketones is 1. The number of hydrogen-bond acceptors (Lipinski definition) is 5. The molecule has 0 aliphatic heterocycles. The maximum atomic E-state index is 11.8. The first-order valence-corrected chi connectivity index (χ1v) is 5.70. The van der Waals surface area contributed by atoms with Crippen molar-refractivity contribution in [2.75, 3.05) is 0 Å². The first-order chi connectivity index (χ1) is 7.56. The minimum Gasteiger partial charge on any atom is -0.292 e. The van der Waals surface area contributed by atoms with Gasteiger partial charge in [-0.3, -0.25) is 9.48 Å². The minimum absolute atomic E-state index is 0.0400. The van der Waals surface area contributed by atoms with E-state index in [1.165, 1.54) is 4.68 Å². The molecule has 0 fully saturated rings. The molecular formula is C10H12N4OS. The van der Waals surface area contributed by atoms with E-state index in [4.69, 9.17) is 0 Å². The van der Waals surface area contributed by atoms with Crippen LogP contribution in [0.25, 0.3) is 0 Å². The molecule has 5 nitrogen and oxygen atoms in total. The maximum absolute atomic E-state index is 11.8. The van der Waals surface area contributed by atoms with Crippen molar-refractivity contribution in [3.05, 3.63) is 27.5 Å².